The third kappa shape index (κ3) is 4.96. The van der Waals surface area contributed by atoms with Gasteiger partial charge in [0.05, 0.1) is 19.2 Å². The topological polar surface area (TPSA) is 68.3 Å². The van der Waals surface area contributed by atoms with Crippen molar-refractivity contribution in [3.63, 3.8) is 0 Å². The zero-order valence-corrected chi connectivity index (χ0v) is 16.5. The van der Waals surface area contributed by atoms with E-state index in [1.165, 1.54) is 6.08 Å². The highest BCUT2D eigenvalue weighted by Gasteiger charge is 2.62. The molecule has 2 heterocycles. The lowest BCUT2D eigenvalue weighted by molar-refractivity contribution is -0.187. The first kappa shape index (κ1) is 22.5. The standard InChI is InChI=1S/C18H27F3N2O5/c1-6-9-26-14(24)17(5,19)7-8-23-13-12(10-27-23)22(11-18(13,20)21)15(25)28-16(2,3)4/h6,12-13H,1,7-11H2,2-5H3. The van der Waals surface area contributed by atoms with Crippen LogP contribution in [-0.4, -0.2) is 77.6 Å². The van der Waals surface area contributed by atoms with E-state index in [1.807, 2.05) is 0 Å². The van der Waals surface area contributed by atoms with Gasteiger partial charge < -0.3 is 9.47 Å². The molecule has 0 aromatic carbocycles. The Bertz CT molecular complexity index is 621. The van der Waals surface area contributed by atoms with Crippen LogP contribution in [0.2, 0.25) is 0 Å². The van der Waals surface area contributed by atoms with Gasteiger partial charge in [0, 0.05) is 13.0 Å². The molecule has 0 aromatic rings. The van der Waals surface area contributed by atoms with E-state index in [0.717, 1.165) is 16.9 Å². The molecule has 1 amide bonds. The molecule has 0 N–H and O–H groups in total. The summed E-state index contributed by atoms with van der Waals surface area (Å²) in [6.45, 7) is 7.91. The van der Waals surface area contributed by atoms with Crippen LogP contribution in [-0.2, 0) is 19.1 Å². The highest BCUT2D eigenvalue weighted by molar-refractivity contribution is 5.79. The van der Waals surface area contributed by atoms with Gasteiger partial charge in [-0.3, -0.25) is 9.74 Å². The van der Waals surface area contributed by atoms with Crippen molar-refractivity contribution in [2.45, 2.75) is 63.4 Å². The molecule has 2 rings (SSSR count). The van der Waals surface area contributed by atoms with Gasteiger partial charge in [-0.05, 0) is 27.7 Å². The summed E-state index contributed by atoms with van der Waals surface area (Å²) in [5.41, 5.74) is -3.20. The minimum atomic E-state index is -3.27. The van der Waals surface area contributed by atoms with Gasteiger partial charge in [0.15, 0.2) is 0 Å². The summed E-state index contributed by atoms with van der Waals surface area (Å²) >= 11 is 0. The van der Waals surface area contributed by atoms with Crippen LogP contribution in [0.3, 0.4) is 0 Å². The average Bonchev–Trinajstić information content (AvgIpc) is 3.09. The van der Waals surface area contributed by atoms with Crippen LogP contribution in [0.25, 0.3) is 0 Å². The fourth-order valence-corrected chi connectivity index (χ4v) is 3.16. The normalized spacial score (nSPS) is 26.5. The molecule has 2 fully saturated rings. The van der Waals surface area contributed by atoms with Crippen LogP contribution in [0.5, 0.6) is 0 Å². The number of nitrogens with zero attached hydrogens (tertiary/aromatic N) is 2. The maximum absolute atomic E-state index is 14.6. The van der Waals surface area contributed by atoms with E-state index in [2.05, 4.69) is 11.3 Å². The molecule has 0 aromatic heterocycles. The molecule has 3 atom stereocenters. The number of rotatable bonds is 6. The van der Waals surface area contributed by atoms with Crippen LogP contribution < -0.4 is 0 Å². The van der Waals surface area contributed by atoms with Crippen molar-refractivity contribution in [2.24, 2.45) is 0 Å². The number of hydrogen-bond donors (Lipinski definition) is 0. The predicted octanol–water partition coefficient (Wildman–Crippen LogP) is 2.70. The summed E-state index contributed by atoms with van der Waals surface area (Å²) in [5.74, 6) is -4.37. The van der Waals surface area contributed by atoms with Gasteiger partial charge in [-0.2, -0.15) is 5.06 Å². The summed E-state index contributed by atoms with van der Waals surface area (Å²) < 4.78 is 53.5. The van der Waals surface area contributed by atoms with Crippen molar-refractivity contribution in [3.8, 4) is 0 Å². The zero-order valence-electron chi connectivity index (χ0n) is 16.5. The van der Waals surface area contributed by atoms with Gasteiger partial charge in [0.2, 0.25) is 5.67 Å². The molecule has 10 heteroatoms. The Labute approximate surface area is 162 Å². The van der Waals surface area contributed by atoms with Gasteiger partial charge >= 0.3 is 12.1 Å². The monoisotopic (exact) mass is 408 g/mol. The Morgan fingerprint density at radius 1 is 1.32 bits per heavy atom. The quantitative estimate of drug-likeness (QED) is 0.497. The van der Waals surface area contributed by atoms with E-state index in [9.17, 15) is 22.8 Å². The van der Waals surface area contributed by atoms with Gasteiger partial charge in [0.25, 0.3) is 5.92 Å². The fraction of sp³-hybridized carbons (Fsp3) is 0.778. The number of alkyl halides is 3. The largest absolute Gasteiger partial charge is 0.459 e. The first-order valence-corrected chi connectivity index (χ1v) is 9.02. The van der Waals surface area contributed by atoms with Crippen LogP contribution in [0, 0.1) is 0 Å². The molecule has 0 spiro atoms. The Morgan fingerprint density at radius 2 is 1.96 bits per heavy atom. The summed E-state index contributed by atoms with van der Waals surface area (Å²) in [4.78, 5) is 30.2. The van der Waals surface area contributed by atoms with E-state index in [0.29, 0.717) is 0 Å². The minimum Gasteiger partial charge on any atom is -0.459 e. The lowest BCUT2D eigenvalue weighted by atomic mass is 10.0. The van der Waals surface area contributed by atoms with Gasteiger partial charge in [-0.1, -0.05) is 12.7 Å². The van der Waals surface area contributed by atoms with Gasteiger partial charge in [-0.25, -0.2) is 22.8 Å². The smallest absolute Gasteiger partial charge is 0.410 e. The second kappa shape index (κ2) is 7.90. The number of halogens is 3. The molecule has 160 valence electrons. The van der Waals surface area contributed by atoms with Crippen molar-refractivity contribution in [1.82, 2.24) is 9.96 Å². The molecule has 0 saturated carbocycles. The van der Waals surface area contributed by atoms with Crippen LogP contribution in [0.4, 0.5) is 18.0 Å². The minimum absolute atomic E-state index is 0.147. The maximum atomic E-state index is 14.6. The first-order valence-electron chi connectivity index (χ1n) is 9.02. The molecular weight excluding hydrogens is 381 g/mol. The highest BCUT2D eigenvalue weighted by Crippen LogP contribution is 2.41. The fourth-order valence-electron chi connectivity index (χ4n) is 3.16. The van der Waals surface area contributed by atoms with Crippen molar-refractivity contribution >= 4 is 12.1 Å². The van der Waals surface area contributed by atoms with Crippen molar-refractivity contribution < 1.29 is 37.1 Å². The number of ether oxygens (including phenoxy) is 2. The molecule has 0 aliphatic carbocycles. The number of amides is 1. The number of hydrogen-bond acceptors (Lipinski definition) is 6. The third-order valence-corrected chi connectivity index (χ3v) is 4.49. The number of fused-ring (bicyclic) bond motifs is 1. The van der Waals surface area contributed by atoms with E-state index < -0.39 is 54.3 Å². The molecule has 28 heavy (non-hydrogen) atoms. The SMILES string of the molecule is C=CCOC(=O)C(C)(F)CCN1OCC2C1C(F)(F)CN2C(=O)OC(C)(C)C. The summed E-state index contributed by atoms with van der Waals surface area (Å²) in [6, 6.07) is -2.37. The third-order valence-electron chi connectivity index (χ3n) is 4.49. The van der Waals surface area contributed by atoms with E-state index >= 15 is 0 Å². The van der Waals surface area contributed by atoms with E-state index in [4.69, 9.17) is 9.57 Å². The predicted molar refractivity (Wildman–Crippen MR) is 93.4 cm³/mol. The van der Waals surface area contributed by atoms with Crippen molar-refractivity contribution in [2.75, 3.05) is 26.3 Å². The molecule has 3 unspecified atom stereocenters. The van der Waals surface area contributed by atoms with Crippen LogP contribution in [0.15, 0.2) is 12.7 Å². The Kier molecular flexibility index (Phi) is 6.34. The lowest BCUT2D eigenvalue weighted by Crippen LogP contribution is -2.47. The molecule has 0 radical (unpaired) electrons. The van der Waals surface area contributed by atoms with Gasteiger partial charge in [-0.15, -0.1) is 0 Å². The van der Waals surface area contributed by atoms with Crippen molar-refractivity contribution in [3.05, 3.63) is 12.7 Å². The number of hydroxylamine groups is 2. The Hall–Kier alpha value is -1.81. The summed E-state index contributed by atoms with van der Waals surface area (Å²) in [7, 11) is 0. The molecular formula is C18H27F3N2O5. The average molecular weight is 408 g/mol. The van der Waals surface area contributed by atoms with Gasteiger partial charge in [0.1, 0.15) is 18.2 Å². The number of carbonyl (C=O) groups is 2. The second-order valence-corrected chi connectivity index (χ2v) is 8.15. The second-order valence-electron chi connectivity index (χ2n) is 8.15. The van der Waals surface area contributed by atoms with Crippen LogP contribution in [0.1, 0.15) is 34.1 Å². The molecule has 2 aliphatic rings. The highest BCUT2D eigenvalue weighted by atomic mass is 19.3. The number of esters is 1. The molecule has 2 aliphatic heterocycles. The first-order chi connectivity index (χ1) is 12.8. The maximum Gasteiger partial charge on any atom is 0.410 e. The Morgan fingerprint density at radius 3 is 2.54 bits per heavy atom. The Balaban J connectivity index is 2.03. The zero-order chi connectivity index (χ0) is 21.3. The lowest BCUT2D eigenvalue weighted by Gasteiger charge is -2.27. The molecule has 2 saturated heterocycles. The molecule has 7 nitrogen and oxygen atoms in total. The number of likely N-dealkylation sites (tertiary alicyclic amines) is 1. The van der Waals surface area contributed by atoms with Crippen LogP contribution >= 0.6 is 0 Å². The summed E-state index contributed by atoms with van der Waals surface area (Å²) in [5, 5.41) is 0.952. The van der Waals surface area contributed by atoms with E-state index in [1.54, 1.807) is 20.8 Å². The number of carbonyl (C=O) groups excluding carboxylic acids is 2. The van der Waals surface area contributed by atoms with Crippen molar-refractivity contribution in [1.29, 1.82) is 0 Å². The molecule has 0 bridgehead atoms. The van der Waals surface area contributed by atoms with E-state index in [-0.39, 0.29) is 19.8 Å². The summed E-state index contributed by atoms with van der Waals surface area (Å²) in [6.07, 6.45) is 0.0368.